The van der Waals surface area contributed by atoms with Crippen molar-refractivity contribution >= 4 is 45.2 Å². The molecule has 1 fully saturated rings. The molecular formula is C20H15BrClF4N3O3. The van der Waals surface area contributed by atoms with Gasteiger partial charge in [0.05, 0.1) is 19.2 Å². The van der Waals surface area contributed by atoms with Gasteiger partial charge < -0.3 is 20.3 Å². The molecule has 4 rings (SSSR count). The van der Waals surface area contributed by atoms with Crippen molar-refractivity contribution in [1.82, 2.24) is 10.2 Å². The van der Waals surface area contributed by atoms with Crippen LogP contribution in [0.15, 0.2) is 34.8 Å². The van der Waals surface area contributed by atoms with Crippen LogP contribution < -0.4 is 10.6 Å². The van der Waals surface area contributed by atoms with Crippen molar-refractivity contribution in [3.63, 3.8) is 0 Å². The summed E-state index contributed by atoms with van der Waals surface area (Å²) in [6.45, 7) is -0.970. The van der Waals surface area contributed by atoms with E-state index in [0.29, 0.717) is 10.0 Å². The van der Waals surface area contributed by atoms with Crippen LogP contribution in [0.4, 0.5) is 28.0 Å². The summed E-state index contributed by atoms with van der Waals surface area (Å²) in [6.07, 6.45) is -6.69. The van der Waals surface area contributed by atoms with Crippen molar-refractivity contribution in [3.8, 4) is 0 Å². The number of carbonyl (C=O) groups is 2. The molecule has 0 aliphatic carbocycles. The first-order valence-electron chi connectivity index (χ1n) is 9.38. The zero-order valence-electron chi connectivity index (χ0n) is 16.1. The third-order valence-corrected chi connectivity index (χ3v) is 5.98. The maximum absolute atomic E-state index is 13.9. The maximum Gasteiger partial charge on any atom is 0.416 e. The summed E-state index contributed by atoms with van der Waals surface area (Å²) in [5.74, 6) is -1.04. The van der Waals surface area contributed by atoms with E-state index in [4.69, 9.17) is 16.3 Å². The summed E-state index contributed by atoms with van der Waals surface area (Å²) >= 11 is 9.48. The molecule has 2 aliphatic heterocycles. The summed E-state index contributed by atoms with van der Waals surface area (Å²) in [5, 5.41) is 5.49. The normalized spacial score (nSPS) is 20.7. The van der Waals surface area contributed by atoms with E-state index in [0.717, 1.165) is 4.90 Å². The standard InChI is InChI=1S/C20H15BrClF4N3O3/c21-9-5-12-16(17(28-18(12)30)11-7-10(23)1-2-13(11)22)14(6-9)27-19(31)29-3-4-32-15(8-29)20(24,25)26/h1-2,5-7,15,17H,3-4,8H2,(H,27,31)(H,28,30). The van der Waals surface area contributed by atoms with Gasteiger partial charge in [0.1, 0.15) is 5.82 Å². The first-order valence-corrected chi connectivity index (χ1v) is 10.5. The van der Waals surface area contributed by atoms with Crippen molar-refractivity contribution in [2.75, 3.05) is 25.0 Å². The van der Waals surface area contributed by atoms with Gasteiger partial charge in [0.2, 0.25) is 0 Å². The van der Waals surface area contributed by atoms with Crippen LogP contribution in [0.25, 0.3) is 0 Å². The molecule has 2 unspecified atom stereocenters. The molecule has 0 spiro atoms. The second-order valence-corrected chi connectivity index (χ2v) is 8.59. The highest BCUT2D eigenvalue weighted by Gasteiger charge is 2.44. The molecule has 0 saturated carbocycles. The van der Waals surface area contributed by atoms with Gasteiger partial charge in [-0.1, -0.05) is 27.5 Å². The molecule has 6 nitrogen and oxygen atoms in total. The van der Waals surface area contributed by atoms with Gasteiger partial charge in [-0.2, -0.15) is 13.2 Å². The maximum atomic E-state index is 13.9. The fourth-order valence-electron chi connectivity index (χ4n) is 3.70. The number of halogens is 6. The van der Waals surface area contributed by atoms with Gasteiger partial charge in [0.25, 0.3) is 5.91 Å². The quantitative estimate of drug-likeness (QED) is 0.538. The number of nitrogens with one attached hydrogen (secondary N) is 2. The van der Waals surface area contributed by atoms with Gasteiger partial charge in [-0.05, 0) is 30.3 Å². The van der Waals surface area contributed by atoms with Gasteiger partial charge in [-0.25, -0.2) is 9.18 Å². The van der Waals surface area contributed by atoms with E-state index in [1.807, 2.05) is 0 Å². The number of amides is 3. The third kappa shape index (κ3) is 4.41. The molecule has 0 bridgehead atoms. The number of alkyl halides is 3. The summed E-state index contributed by atoms with van der Waals surface area (Å²) in [7, 11) is 0. The molecule has 1 saturated heterocycles. The SMILES string of the molecule is O=C1NC(c2cc(F)ccc2Cl)c2c(NC(=O)N3CCOC(C(F)(F)F)C3)cc(Br)cc21. The lowest BCUT2D eigenvalue weighted by atomic mass is 9.96. The first-order chi connectivity index (χ1) is 15.0. The second kappa shape index (κ2) is 8.53. The minimum atomic E-state index is -4.61. The van der Waals surface area contributed by atoms with Crippen molar-refractivity contribution in [2.45, 2.75) is 18.3 Å². The number of anilines is 1. The van der Waals surface area contributed by atoms with E-state index >= 15 is 0 Å². The molecule has 3 amide bonds. The van der Waals surface area contributed by atoms with Crippen LogP contribution in [-0.2, 0) is 4.74 Å². The number of carbonyl (C=O) groups excluding carboxylic acids is 2. The third-order valence-electron chi connectivity index (χ3n) is 5.18. The van der Waals surface area contributed by atoms with E-state index in [1.165, 1.54) is 30.3 Å². The molecule has 32 heavy (non-hydrogen) atoms. The van der Waals surface area contributed by atoms with Crippen LogP contribution in [-0.4, -0.2) is 48.8 Å². The molecule has 2 aliphatic rings. The van der Waals surface area contributed by atoms with Gasteiger partial charge in [0, 0.05) is 38.4 Å². The van der Waals surface area contributed by atoms with E-state index in [-0.39, 0.29) is 35.0 Å². The first kappa shape index (κ1) is 22.8. The molecule has 2 aromatic carbocycles. The number of urea groups is 1. The van der Waals surface area contributed by atoms with Crippen LogP contribution in [0, 0.1) is 5.82 Å². The zero-order valence-corrected chi connectivity index (χ0v) is 18.4. The fourth-order valence-corrected chi connectivity index (χ4v) is 4.38. The molecule has 2 atom stereocenters. The lowest BCUT2D eigenvalue weighted by Gasteiger charge is -2.34. The Hall–Kier alpha value is -2.37. The van der Waals surface area contributed by atoms with Gasteiger partial charge in [-0.3, -0.25) is 4.79 Å². The number of benzene rings is 2. The Labute approximate surface area is 193 Å². The van der Waals surface area contributed by atoms with E-state index in [2.05, 4.69) is 26.6 Å². The molecule has 2 heterocycles. The van der Waals surface area contributed by atoms with Crippen molar-refractivity contribution in [1.29, 1.82) is 0 Å². The van der Waals surface area contributed by atoms with E-state index in [9.17, 15) is 27.2 Å². The van der Waals surface area contributed by atoms with E-state index < -0.39 is 42.6 Å². The highest BCUT2D eigenvalue weighted by Crippen LogP contribution is 2.41. The van der Waals surface area contributed by atoms with Crippen molar-refractivity contribution < 1.29 is 31.9 Å². The Morgan fingerprint density at radius 3 is 2.75 bits per heavy atom. The van der Waals surface area contributed by atoms with Crippen LogP contribution in [0.1, 0.15) is 27.5 Å². The van der Waals surface area contributed by atoms with Crippen molar-refractivity contribution in [2.24, 2.45) is 0 Å². The van der Waals surface area contributed by atoms with Crippen LogP contribution in [0.5, 0.6) is 0 Å². The molecule has 170 valence electrons. The van der Waals surface area contributed by atoms with Gasteiger partial charge in [-0.15, -0.1) is 0 Å². The Morgan fingerprint density at radius 2 is 2.03 bits per heavy atom. The van der Waals surface area contributed by atoms with Crippen LogP contribution >= 0.6 is 27.5 Å². The number of ether oxygens (including phenoxy) is 1. The summed E-state index contributed by atoms with van der Waals surface area (Å²) < 4.78 is 58.1. The average Bonchev–Trinajstić information content (AvgIpc) is 3.05. The van der Waals surface area contributed by atoms with Crippen molar-refractivity contribution in [3.05, 3.63) is 62.3 Å². The lowest BCUT2D eigenvalue weighted by Crippen LogP contribution is -2.52. The Morgan fingerprint density at radius 1 is 1.28 bits per heavy atom. The van der Waals surface area contributed by atoms with Gasteiger partial charge >= 0.3 is 12.2 Å². The summed E-state index contributed by atoms with van der Waals surface area (Å²) in [6, 6.07) is 5.08. The molecule has 2 N–H and O–H groups in total. The second-order valence-electron chi connectivity index (χ2n) is 7.26. The van der Waals surface area contributed by atoms with E-state index in [1.54, 1.807) is 0 Å². The number of fused-ring (bicyclic) bond motifs is 1. The topological polar surface area (TPSA) is 70.7 Å². The number of nitrogens with zero attached hydrogens (tertiary/aromatic N) is 1. The molecular weight excluding hydrogens is 522 g/mol. The predicted molar refractivity (Wildman–Crippen MR) is 111 cm³/mol. The Balaban J connectivity index is 1.67. The predicted octanol–water partition coefficient (Wildman–Crippen LogP) is 4.87. The highest BCUT2D eigenvalue weighted by molar-refractivity contribution is 9.10. The number of rotatable bonds is 2. The summed E-state index contributed by atoms with van der Waals surface area (Å²) in [5.41, 5.74) is 1.01. The molecule has 12 heteroatoms. The number of morpholine rings is 1. The fraction of sp³-hybridized carbons (Fsp3) is 0.300. The number of hydrogen-bond donors (Lipinski definition) is 2. The van der Waals surface area contributed by atoms with Crippen LogP contribution in [0.3, 0.4) is 0 Å². The zero-order chi connectivity index (χ0) is 23.2. The van der Waals surface area contributed by atoms with Gasteiger partial charge in [0.15, 0.2) is 6.10 Å². The number of hydrogen-bond acceptors (Lipinski definition) is 3. The Kier molecular flexibility index (Phi) is 6.08. The summed E-state index contributed by atoms with van der Waals surface area (Å²) in [4.78, 5) is 26.3. The lowest BCUT2D eigenvalue weighted by molar-refractivity contribution is -0.233. The Bertz CT molecular complexity index is 1100. The molecule has 0 aromatic heterocycles. The molecule has 0 radical (unpaired) electrons. The minimum Gasteiger partial charge on any atom is -0.365 e. The minimum absolute atomic E-state index is 0.0368. The smallest absolute Gasteiger partial charge is 0.365 e. The molecule has 2 aromatic rings. The largest absolute Gasteiger partial charge is 0.416 e. The highest BCUT2D eigenvalue weighted by atomic mass is 79.9. The average molecular weight is 537 g/mol. The van der Waals surface area contributed by atoms with Crippen LogP contribution in [0.2, 0.25) is 5.02 Å². The monoisotopic (exact) mass is 535 g/mol.